The third-order valence-electron chi connectivity index (χ3n) is 2.66. The van der Waals surface area contributed by atoms with Crippen molar-refractivity contribution in [1.29, 1.82) is 0 Å². The first-order valence-corrected chi connectivity index (χ1v) is 4.83. The molecule has 0 aromatic carbocycles. The molecule has 0 spiro atoms. The van der Waals surface area contributed by atoms with E-state index in [1.54, 1.807) is 11.6 Å². The minimum absolute atomic E-state index is 0.298. The van der Waals surface area contributed by atoms with E-state index >= 15 is 0 Å². The molecule has 4 nitrogen and oxygen atoms in total. The Bertz CT molecular complexity index is 367. The topological polar surface area (TPSA) is 48.9 Å². The molecule has 4 heteroatoms. The summed E-state index contributed by atoms with van der Waals surface area (Å²) >= 11 is 0. The van der Waals surface area contributed by atoms with Gasteiger partial charge in [0.25, 0.3) is 5.82 Å². The second-order valence-corrected chi connectivity index (χ2v) is 3.29. The molecule has 0 radical (unpaired) electrons. The van der Waals surface area contributed by atoms with Crippen LogP contribution in [0, 0.1) is 6.92 Å². The highest BCUT2D eigenvalue weighted by Gasteiger charge is 2.23. The zero-order chi connectivity index (χ0) is 10.9. The molecular formula is C10H16N2O2. The number of carboxylic acids is 1. The molecule has 0 atom stereocenters. The fraction of sp³-hybridized carbons (Fsp3) is 0.600. The number of hydrogen-bond acceptors (Lipinski definition) is 2. The Morgan fingerprint density at radius 1 is 1.50 bits per heavy atom. The van der Waals surface area contributed by atoms with Crippen molar-refractivity contribution in [1.82, 2.24) is 4.57 Å². The molecule has 0 aliphatic carbocycles. The molecule has 0 saturated carbocycles. The van der Waals surface area contributed by atoms with Crippen molar-refractivity contribution in [2.45, 2.75) is 33.7 Å². The number of carbonyl (C=O) groups excluding carboxylic acids is 1. The highest BCUT2D eigenvalue weighted by Crippen LogP contribution is 2.09. The third kappa shape index (κ3) is 1.41. The summed E-state index contributed by atoms with van der Waals surface area (Å²) in [6.45, 7) is 6.66. The van der Waals surface area contributed by atoms with Crippen LogP contribution in [0.5, 0.6) is 0 Å². The number of aromatic carboxylic acids is 1. The molecule has 0 N–H and O–H groups in total. The second kappa shape index (κ2) is 3.82. The van der Waals surface area contributed by atoms with Gasteiger partial charge in [0.15, 0.2) is 11.4 Å². The Morgan fingerprint density at radius 2 is 2.07 bits per heavy atom. The van der Waals surface area contributed by atoms with Crippen molar-refractivity contribution >= 4 is 5.97 Å². The van der Waals surface area contributed by atoms with Crippen molar-refractivity contribution in [2.75, 3.05) is 0 Å². The Balaban J connectivity index is 3.48. The van der Waals surface area contributed by atoms with E-state index in [1.807, 2.05) is 25.3 Å². The number of aromatic nitrogens is 2. The van der Waals surface area contributed by atoms with Crippen LogP contribution in [-0.4, -0.2) is 10.5 Å². The van der Waals surface area contributed by atoms with Gasteiger partial charge < -0.3 is 9.90 Å². The number of carboxylic acid groups (broad SMARTS) is 1. The summed E-state index contributed by atoms with van der Waals surface area (Å²) in [6, 6.07) is 0. The van der Waals surface area contributed by atoms with Crippen LogP contribution in [0.25, 0.3) is 0 Å². The molecular weight excluding hydrogens is 180 g/mol. The minimum Gasteiger partial charge on any atom is -0.541 e. The third-order valence-corrected chi connectivity index (χ3v) is 2.66. The van der Waals surface area contributed by atoms with Crippen LogP contribution in [0.4, 0.5) is 0 Å². The van der Waals surface area contributed by atoms with Gasteiger partial charge in [-0.05, 0) is 6.92 Å². The second-order valence-electron chi connectivity index (χ2n) is 3.29. The van der Waals surface area contributed by atoms with Crippen LogP contribution in [-0.2, 0) is 20.0 Å². The Hall–Kier alpha value is -1.32. The van der Waals surface area contributed by atoms with Crippen molar-refractivity contribution < 1.29 is 14.5 Å². The first kappa shape index (κ1) is 10.8. The predicted octanol–water partition coefficient (Wildman–Crippen LogP) is -0.433. The van der Waals surface area contributed by atoms with Crippen LogP contribution in [0.3, 0.4) is 0 Å². The van der Waals surface area contributed by atoms with E-state index in [9.17, 15) is 9.90 Å². The number of carbonyl (C=O) groups is 1. The van der Waals surface area contributed by atoms with Crippen LogP contribution in [0.15, 0.2) is 0 Å². The molecule has 0 aliphatic heterocycles. The Kier molecular flexibility index (Phi) is 2.93. The zero-order valence-corrected chi connectivity index (χ0v) is 9.13. The van der Waals surface area contributed by atoms with Gasteiger partial charge in [-0.15, -0.1) is 0 Å². The van der Waals surface area contributed by atoms with Gasteiger partial charge in [-0.3, -0.25) is 0 Å². The Morgan fingerprint density at radius 3 is 2.43 bits per heavy atom. The lowest BCUT2D eigenvalue weighted by molar-refractivity contribution is -0.681. The SMILES string of the molecule is CCc1c(C(=O)[O-])[n+](C)c(C)n1CC. The van der Waals surface area contributed by atoms with Gasteiger partial charge in [0.05, 0.1) is 13.6 Å². The number of hydrogen-bond donors (Lipinski definition) is 0. The minimum atomic E-state index is -1.10. The van der Waals surface area contributed by atoms with E-state index in [4.69, 9.17) is 0 Å². The average molecular weight is 196 g/mol. The van der Waals surface area contributed by atoms with Gasteiger partial charge in [-0.25, -0.2) is 9.13 Å². The summed E-state index contributed by atoms with van der Waals surface area (Å²) in [4.78, 5) is 10.9. The molecule has 0 saturated heterocycles. The number of rotatable bonds is 3. The summed E-state index contributed by atoms with van der Waals surface area (Å²) < 4.78 is 3.68. The summed E-state index contributed by atoms with van der Waals surface area (Å²) in [7, 11) is 1.76. The van der Waals surface area contributed by atoms with Gasteiger partial charge >= 0.3 is 0 Å². The molecule has 1 rings (SSSR count). The van der Waals surface area contributed by atoms with Gasteiger partial charge in [-0.1, -0.05) is 6.92 Å². The van der Waals surface area contributed by atoms with Crippen molar-refractivity contribution in [3.63, 3.8) is 0 Å². The fourth-order valence-corrected chi connectivity index (χ4v) is 1.89. The highest BCUT2D eigenvalue weighted by molar-refractivity contribution is 5.83. The van der Waals surface area contributed by atoms with E-state index < -0.39 is 5.97 Å². The van der Waals surface area contributed by atoms with Crippen molar-refractivity contribution in [3.05, 3.63) is 17.2 Å². The Labute approximate surface area is 83.8 Å². The van der Waals surface area contributed by atoms with E-state index in [0.717, 1.165) is 18.1 Å². The molecule has 1 aromatic rings. The van der Waals surface area contributed by atoms with Crippen LogP contribution in [0.1, 0.15) is 35.9 Å². The van der Waals surface area contributed by atoms with Crippen LogP contribution >= 0.6 is 0 Å². The van der Waals surface area contributed by atoms with Crippen molar-refractivity contribution in [3.8, 4) is 0 Å². The quantitative estimate of drug-likeness (QED) is 0.616. The van der Waals surface area contributed by atoms with E-state index in [-0.39, 0.29) is 0 Å². The summed E-state index contributed by atoms with van der Waals surface area (Å²) in [5.41, 5.74) is 1.14. The lowest BCUT2D eigenvalue weighted by atomic mass is 10.2. The lowest BCUT2D eigenvalue weighted by Gasteiger charge is -2.00. The lowest BCUT2D eigenvalue weighted by Crippen LogP contribution is -2.41. The maximum Gasteiger partial charge on any atom is 0.253 e. The first-order chi connectivity index (χ1) is 6.54. The maximum absolute atomic E-state index is 10.9. The molecule has 0 bridgehead atoms. The first-order valence-electron chi connectivity index (χ1n) is 4.83. The number of nitrogens with zero attached hydrogens (tertiary/aromatic N) is 2. The average Bonchev–Trinajstić information content (AvgIpc) is 2.39. The predicted molar refractivity (Wildman–Crippen MR) is 49.7 cm³/mol. The molecule has 14 heavy (non-hydrogen) atoms. The monoisotopic (exact) mass is 196 g/mol. The molecule has 0 aliphatic rings. The zero-order valence-electron chi connectivity index (χ0n) is 9.13. The standard InChI is InChI=1S/C10H16N2O2/c1-5-8-9(10(13)14)11(4)7(3)12(8)6-2/h5-6H2,1-4H3. The molecule has 0 unspecified atom stereocenters. The smallest absolute Gasteiger partial charge is 0.253 e. The molecule has 0 fully saturated rings. The van der Waals surface area contributed by atoms with Gasteiger partial charge in [0.1, 0.15) is 5.97 Å². The normalized spacial score (nSPS) is 10.6. The molecule has 1 heterocycles. The summed E-state index contributed by atoms with van der Waals surface area (Å²) in [5, 5.41) is 10.9. The maximum atomic E-state index is 10.9. The molecule has 1 aromatic heterocycles. The fourth-order valence-electron chi connectivity index (χ4n) is 1.89. The van der Waals surface area contributed by atoms with E-state index in [1.165, 1.54) is 0 Å². The van der Waals surface area contributed by atoms with E-state index in [0.29, 0.717) is 12.1 Å². The largest absolute Gasteiger partial charge is 0.541 e. The van der Waals surface area contributed by atoms with Gasteiger partial charge in [-0.2, -0.15) is 0 Å². The van der Waals surface area contributed by atoms with Gasteiger partial charge in [0.2, 0.25) is 0 Å². The van der Waals surface area contributed by atoms with Gasteiger partial charge in [0, 0.05) is 13.3 Å². The van der Waals surface area contributed by atoms with Crippen molar-refractivity contribution in [2.24, 2.45) is 7.05 Å². The summed E-state index contributed by atoms with van der Waals surface area (Å²) in [5.74, 6) is -0.150. The number of imidazole rings is 1. The summed E-state index contributed by atoms with van der Waals surface area (Å²) in [6.07, 6.45) is 0.707. The molecule has 0 amide bonds. The van der Waals surface area contributed by atoms with Crippen LogP contribution in [0.2, 0.25) is 0 Å². The molecule has 78 valence electrons. The van der Waals surface area contributed by atoms with Crippen LogP contribution < -0.4 is 9.67 Å². The highest BCUT2D eigenvalue weighted by atomic mass is 16.4. The van der Waals surface area contributed by atoms with E-state index in [2.05, 4.69) is 0 Å².